The quantitative estimate of drug-likeness (QED) is 0.780. The number of carbonyl (C=O) groups is 1. The highest BCUT2D eigenvalue weighted by Crippen LogP contribution is 2.17. The zero-order valence-electron chi connectivity index (χ0n) is 7.77. The first-order valence-corrected chi connectivity index (χ1v) is 5.43. The number of piperidine rings is 1. The van der Waals surface area contributed by atoms with E-state index < -0.39 is 0 Å². The smallest absolute Gasteiger partial charge is 0.222 e. The number of carbonyl (C=O) groups excluding carboxylic acids is 1. The summed E-state index contributed by atoms with van der Waals surface area (Å²) in [6.45, 7) is 1.39. The van der Waals surface area contributed by atoms with Crippen LogP contribution in [0.4, 0.5) is 5.13 Å². The monoisotopic (exact) mass is 212 g/mol. The number of nitrogen functional groups attached to an aromatic ring is 1. The van der Waals surface area contributed by atoms with Gasteiger partial charge in [-0.1, -0.05) is 11.3 Å². The van der Waals surface area contributed by atoms with E-state index in [1.807, 2.05) is 4.90 Å². The average molecular weight is 212 g/mol. The van der Waals surface area contributed by atoms with E-state index in [2.05, 4.69) is 10.2 Å². The Morgan fingerprint density at radius 1 is 1.43 bits per heavy atom. The number of rotatable bonds is 2. The molecule has 0 aromatic carbocycles. The van der Waals surface area contributed by atoms with Gasteiger partial charge < -0.3 is 10.6 Å². The van der Waals surface area contributed by atoms with Crippen molar-refractivity contribution in [3.8, 4) is 0 Å². The van der Waals surface area contributed by atoms with Crippen LogP contribution in [-0.4, -0.2) is 27.5 Å². The van der Waals surface area contributed by atoms with Crippen molar-refractivity contribution in [1.82, 2.24) is 15.1 Å². The number of amides is 1. The molecule has 0 unspecified atom stereocenters. The van der Waals surface area contributed by atoms with Crippen LogP contribution in [0.5, 0.6) is 0 Å². The third kappa shape index (κ3) is 2.01. The Labute approximate surface area is 85.9 Å². The average Bonchev–Trinajstić information content (AvgIpc) is 2.56. The number of nitrogens with two attached hydrogens (primary N) is 1. The lowest BCUT2D eigenvalue weighted by Gasteiger charge is -2.25. The van der Waals surface area contributed by atoms with Crippen molar-refractivity contribution in [2.75, 3.05) is 12.3 Å². The van der Waals surface area contributed by atoms with Crippen LogP contribution >= 0.6 is 11.3 Å². The van der Waals surface area contributed by atoms with E-state index in [0.29, 0.717) is 18.1 Å². The van der Waals surface area contributed by atoms with Gasteiger partial charge in [0.15, 0.2) is 0 Å². The summed E-state index contributed by atoms with van der Waals surface area (Å²) in [4.78, 5) is 13.3. The molecule has 1 aromatic rings. The SMILES string of the molecule is Nc1nnc(CN2CCCCC2=O)s1. The van der Waals surface area contributed by atoms with E-state index in [1.54, 1.807) is 0 Å². The summed E-state index contributed by atoms with van der Waals surface area (Å²) in [5.41, 5.74) is 5.46. The van der Waals surface area contributed by atoms with Crippen LogP contribution in [0.1, 0.15) is 24.3 Å². The second kappa shape index (κ2) is 3.91. The Morgan fingerprint density at radius 3 is 2.93 bits per heavy atom. The highest BCUT2D eigenvalue weighted by molar-refractivity contribution is 7.15. The maximum Gasteiger partial charge on any atom is 0.222 e. The molecule has 76 valence electrons. The summed E-state index contributed by atoms with van der Waals surface area (Å²) in [6, 6.07) is 0. The molecule has 1 fully saturated rings. The van der Waals surface area contributed by atoms with E-state index in [9.17, 15) is 4.79 Å². The van der Waals surface area contributed by atoms with Gasteiger partial charge in [-0.05, 0) is 12.8 Å². The zero-order valence-corrected chi connectivity index (χ0v) is 8.59. The normalized spacial score (nSPS) is 17.4. The number of nitrogens with zero attached hydrogens (tertiary/aromatic N) is 3. The number of aromatic nitrogens is 2. The third-order valence-electron chi connectivity index (χ3n) is 2.23. The molecule has 0 spiro atoms. The van der Waals surface area contributed by atoms with Crippen LogP contribution in [0, 0.1) is 0 Å². The van der Waals surface area contributed by atoms with Crippen molar-refractivity contribution in [2.45, 2.75) is 25.8 Å². The van der Waals surface area contributed by atoms with Gasteiger partial charge in [-0.2, -0.15) is 0 Å². The first-order valence-electron chi connectivity index (χ1n) is 4.61. The molecular formula is C8H12N4OS. The summed E-state index contributed by atoms with van der Waals surface area (Å²) < 4.78 is 0. The second-order valence-corrected chi connectivity index (χ2v) is 4.40. The van der Waals surface area contributed by atoms with Crippen molar-refractivity contribution < 1.29 is 4.79 Å². The topological polar surface area (TPSA) is 72.1 Å². The Morgan fingerprint density at radius 2 is 2.29 bits per heavy atom. The lowest BCUT2D eigenvalue weighted by molar-refractivity contribution is -0.133. The molecule has 6 heteroatoms. The molecule has 1 aromatic heterocycles. The highest BCUT2D eigenvalue weighted by Gasteiger charge is 2.19. The minimum atomic E-state index is 0.213. The highest BCUT2D eigenvalue weighted by atomic mass is 32.1. The van der Waals surface area contributed by atoms with Gasteiger partial charge in [-0.25, -0.2) is 0 Å². The minimum absolute atomic E-state index is 0.213. The van der Waals surface area contributed by atoms with Crippen LogP contribution in [-0.2, 0) is 11.3 Å². The molecule has 0 atom stereocenters. The fourth-order valence-electron chi connectivity index (χ4n) is 1.52. The first kappa shape index (κ1) is 9.39. The molecule has 1 amide bonds. The van der Waals surface area contributed by atoms with Crippen molar-refractivity contribution in [3.05, 3.63) is 5.01 Å². The van der Waals surface area contributed by atoms with E-state index in [1.165, 1.54) is 11.3 Å². The van der Waals surface area contributed by atoms with Crippen LogP contribution in [0.3, 0.4) is 0 Å². The number of hydrogen-bond acceptors (Lipinski definition) is 5. The molecular weight excluding hydrogens is 200 g/mol. The number of anilines is 1. The predicted octanol–water partition coefficient (Wildman–Crippen LogP) is 0.633. The lowest BCUT2D eigenvalue weighted by Crippen LogP contribution is -2.34. The Kier molecular flexibility index (Phi) is 2.62. The second-order valence-electron chi connectivity index (χ2n) is 3.31. The molecule has 2 rings (SSSR count). The van der Waals surface area contributed by atoms with Gasteiger partial charge in [0.2, 0.25) is 11.0 Å². The number of hydrogen-bond donors (Lipinski definition) is 1. The molecule has 0 bridgehead atoms. The van der Waals surface area contributed by atoms with E-state index in [4.69, 9.17) is 5.73 Å². The maximum absolute atomic E-state index is 11.5. The van der Waals surface area contributed by atoms with Crippen molar-refractivity contribution >= 4 is 22.4 Å². The zero-order chi connectivity index (χ0) is 9.97. The van der Waals surface area contributed by atoms with Crippen molar-refractivity contribution in [2.24, 2.45) is 0 Å². The summed E-state index contributed by atoms with van der Waals surface area (Å²) in [6.07, 6.45) is 2.75. The summed E-state index contributed by atoms with van der Waals surface area (Å²) in [5.74, 6) is 0.213. The van der Waals surface area contributed by atoms with Gasteiger partial charge in [0.05, 0.1) is 6.54 Å². The molecule has 1 aliphatic rings. The van der Waals surface area contributed by atoms with Gasteiger partial charge in [0.25, 0.3) is 0 Å². The molecule has 0 aliphatic carbocycles. The molecule has 1 saturated heterocycles. The molecule has 5 nitrogen and oxygen atoms in total. The first-order chi connectivity index (χ1) is 6.75. The summed E-state index contributed by atoms with van der Waals surface area (Å²) in [7, 11) is 0. The molecule has 0 radical (unpaired) electrons. The van der Waals surface area contributed by atoms with E-state index in [0.717, 1.165) is 24.4 Å². The van der Waals surface area contributed by atoms with Gasteiger partial charge in [0, 0.05) is 13.0 Å². The molecule has 2 heterocycles. The molecule has 14 heavy (non-hydrogen) atoms. The molecule has 2 N–H and O–H groups in total. The molecule has 0 saturated carbocycles. The molecule has 1 aliphatic heterocycles. The minimum Gasteiger partial charge on any atom is -0.374 e. The Bertz CT molecular complexity index is 338. The van der Waals surface area contributed by atoms with Crippen LogP contribution in [0.25, 0.3) is 0 Å². The van der Waals surface area contributed by atoms with Crippen LogP contribution in [0.2, 0.25) is 0 Å². The standard InChI is InChI=1S/C8H12N4OS/c9-8-11-10-6(14-8)5-12-4-2-1-3-7(12)13/h1-5H2,(H2,9,11). The van der Waals surface area contributed by atoms with Crippen LogP contribution < -0.4 is 5.73 Å². The Hall–Kier alpha value is -1.17. The maximum atomic E-state index is 11.5. The Balaban J connectivity index is 1.99. The fraction of sp³-hybridized carbons (Fsp3) is 0.625. The van der Waals surface area contributed by atoms with Gasteiger partial charge in [-0.15, -0.1) is 10.2 Å². The largest absolute Gasteiger partial charge is 0.374 e. The van der Waals surface area contributed by atoms with Gasteiger partial charge in [0.1, 0.15) is 5.01 Å². The fourth-order valence-corrected chi connectivity index (χ4v) is 2.15. The van der Waals surface area contributed by atoms with Crippen molar-refractivity contribution in [3.63, 3.8) is 0 Å². The van der Waals surface area contributed by atoms with Gasteiger partial charge in [-0.3, -0.25) is 4.79 Å². The van der Waals surface area contributed by atoms with E-state index in [-0.39, 0.29) is 5.91 Å². The number of likely N-dealkylation sites (tertiary alicyclic amines) is 1. The van der Waals surface area contributed by atoms with Gasteiger partial charge >= 0.3 is 0 Å². The summed E-state index contributed by atoms with van der Waals surface area (Å²) >= 11 is 1.35. The summed E-state index contributed by atoms with van der Waals surface area (Å²) in [5, 5.41) is 8.89. The van der Waals surface area contributed by atoms with Crippen molar-refractivity contribution in [1.29, 1.82) is 0 Å². The lowest BCUT2D eigenvalue weighted by atomic mass is 10.1. The predicted molar refractivity (Wildman–Crippen MR) is 53.6 cm³/mol. The van der Waals surface area contributed by atoms with E-state index >= 15 is 0 Å². The van der Waals surface area contributed by atoms with Crippen LogP contribution in [0.15, 0.2) is 0 Å². The third-order valence-corrected chi connectivity index (χ3v) is 2.97.